The third kappa shape index (κ3) is 2.75. The van der Waals surface area contributed by atoms with E-state index >= 15 is 0 Å². The van der Waals surface area contributed by atoms with Crippen LogP contribution in [0, 0.1) is 0 Å². The molecule has 0 aromatic carbocycles. The topological polar surface area (TPSA) is 64.3 Å². The van der Waals surface area contributed by atoms with Gasteiger partial charge in [0.2, 0.25) is 0 Å². The molecule has 0 radical (unpaired) electrons. The Bertz CT molecular complexity index is 345. The molecule has 1 aromatic heterocycles. The minimum absolute atomic E-state index is 0.00326. The standard InChI is InChI=1S/C11H18N4O/c1-15-6-7-16-10(8-15)11-13-5-3-9(14-11)2-4-12/h3,5,10H,2,4,6-8,12H2,1H3. The van der Waals surface area contributed by atoms with Crippen LogP contribution < -0.4 is 5.73 Å². The van der Waals surface area contributed by atoms with E-state index in [9.17, 15) is 0 Å². The molecule has 1 aromatic rings. The Morgan fingerprint density at radius 3 is 3.25 bits per heavy atom. The van der Waals surface area contributed by atoms with Gasteiger partial charge >= 0.3 is 0 Å². The zero-order valence-electron chi connectivity index (χ0n) is 9.59. The van der Waals surface area contributed by atoms with E-state index in [1.807, 2.05) is 6.07 Å². The lowest BCUT2D eigenvalue weighted by Crippen LogP contribution is -2.36. The van der Waals surface area contributed by atoms with Gasteiger partial charge in [-0.1, -0.05) is 0 Å². The molecule has 0 spiro atoms. The van der Waals surface area contributed by atoms with E-state index in [1.165, 1.54) is 0 Å². The Kier molecular flexibility index (Phi) is 3.82. The van der Waals surface area contributed by atoms with Crippen LogP contribution in [0.3, 0.4) is 0 Å². The van der Waals surface area contributed by atoms with Crippen molar-refractivity contribution < 1.29 is 4.74 Å². The van der Waals surface area contributed by atoms with Crippen LogP contribution in [0.4, 0.5) is 0 Å². The highest BCUT2D eigenvalue weighted by molar-refractivity contribution is 5.05. The molecule has 0 saturated carbocycles. The Hall–Kier alpha value is -1.04. The number of hydrogen-bond donors (Lipinski definition) is 1. The number of nitrogens with two attached hydrogens (primary N) is 1. The van der Waals surface area contributed by atoms with Crippen molar-refractivity contribution in [3.63, 3.8) is 0 Å². The number of nitrogens with zero attached hydrogens (tertiary/aromatic N) is 3. The molecule has 2 heterocycles. The monoisotopic (exact) mass is 222 g/mol. The zero-order valence-corrected chi connectivity index (χ0v) is 9.59. The molecule has 0 bridgehead atoms. The summed E-state index contributed by atoms with van der Waals surface area (Å²) in [7, 11) is 2.08. The van der Waals surface area contributed by atoms with Gasteiger partial charge in [-0.3, -0.25) is 0 Å². The molecule has 0 aliphatic carbocycles. The first-order chi connectivity index (χ1) is 7.79. The molecular weight excluding hydrogens is 204 g/mol. The molecular formula is C11H18N4O. The summed E-state index contributed by atoms with van der Waals surface area (Å²) in [6.07, 6.45) is 2.57. The molecule has 1 atom stereocenters. The normalized spacial score (nSPS) is 22.2. The van der Waals surface area contributed by atoms with E-state index < -0.39 is 0 Å². The minimum atomic E-state index is -0.00326. The van der Waals surface area contributed by atoms with Crippen LogP contribution in [0.15, 0.2) is 12.3 Å². The van der Waals surface area contributed by atoms with Gasteiger partial charge in [-0.2, -0.15) is 0 Å². The van der Waals surface area contributed by atoms with E-state index in [-0.39, 0.29) is 6.10 Å². The molecule has 2 rings (SSSR count). The second kappa shape index (κ2) is 5.34. The van der Waals surface area contributed by atoms with Gasteiger partial charge < -0.3 is 15.4 Å². The summed E-state index contributed by atoms with van der Waals surface area (Å²) in [4.78, 5) is 11.0. The fourth-order valence-corrected chi connectivity index (χ4v) is 1.79. The summed E-state index contributed by atoms with van der Waals surface area (Å²) in [5, 5.41) is 0. The maximum Gasteiger partial charge on any atom is 0.158 e. The molecule has 1 fully saturated rings. The largest absolute Gasteiger partial charge is 0.368 e. The molecule has 16 heavy (non-hydrogen) atoms. The van der Waals surface area contributed by atoms with Gasteiger partial charge in [0.15, 0.2) is 5.82 Å². The summed E-state index contributed by atoms with van der Waals surface area (Å²) < 4.78 is 5.67. The lowest BCUT2D eigenvalue weighted by molar-refractivity contribution is -0.0255. The Labute approximate surface area is 95.6 Å². The summed E-state index contributed by atoms with van der Waals surface area (Å²) in [5.41, 5.74) is 6.50. The molecule has 88 valence electrons. The fraction of sp³-hybridized carbons (Fsp3) is 0.636. The first kappa shape index (κ1) is 11.4. The maximum atomic E-state index is 5.67. The van der Waals surface area contributed by atoms with Gasteiger partial charge in [0.1, 0.15) is 6.10 Å². The predicted octanol–water partition coefficient (Wildman–Crippen LogP) is -0.0191. The second-order valence-corrected chi connectivity index (χ2v) is 4.07. The van der Waals surface area contributed by atoms with Gasteiger partial charge in [0.05, 0.1) is 6.61 Å². The minimum Gasteiger partial charge on any atom is -0.368 e. The average molecular weight is 222 g/mol. The molecule has 1 saturated heterocycles. The smallest absolute Gasteiger partial charge is 0.158 e. The van der Waals surface area contributed by atoms with Crippen molar-refractivity contribution in [3.8, 4) is 0 Å². The van der Waals surface area contributed by atoms with E-state index in [0.717, 1.165) is 37.6 Å². The van der Waals surface area contributed by atoms with E-state index in [1.54, 1.807) is 6.20 Å². The van der Waals surface area contributed by atoms with Crippen molar-refractivity contribution in [3.05, 3.63) is 23.8 Å². The van der Waals surface area contributed by atoms with Crippen LogP contribution in [-0.4, -0.2) is 48.2 Å². The van der Waals surface area contributed by atoms with Crippen molar-refractivity contribution >= 4 is 0 Å². The van der Waals surface area contributed by atoms with Gasteiger partial charge in [0, 0.05) is 31.4 Å². The molecule has 5 nitrogen and oxygen atoms in total. The van der Waals surface area contributed by atoms with Crippen molar-refractivity contribution in [1.29, 1.82) is 0 Å². The van der Waals surface area contributed by atoms with Crippen molar-refractivity contribution in [1.82, 2.24) is 14.9 Å². The Morgan fingerprint density at radius 2 is 2.50 bits per heavy atom. The number of aromatic nitrogens is 2. The summed E-state index contributed by atoms with van der Waals surface area (Å²) in [5.74, 6) is 0.775. The van der Waals surface area contributed by atoms with Crippen molar-refractivity contribution in [2.45, 2.75) is 12.5 Å². The first-order valence-electron chi connectivity index (χ1n) is 5.61. The van der Waals surface area contributed by atoms with Crippen LogP contribution in [0.25, 0.3) is 0 Å². The summed E-state index contributed by atoms with van der Waals surface area (Å²) >= 11 is 0. The Morgan fingerprint density at radius 1 is 1.62 bits per heavy atom. The average Bonchev–Trinajstić information content (AvgIpc) is 2.30. The summed E-state index contributed by atoms with van der Waals surface area (Å²) in [6, 6.07) is 1.91. The fourth-order valence-electron chi connectivity index (χ4n) is 1.79. The quantitative estimate of drug-likeness (QED) is 0.778. The molecule has 0 amide bonds. The van der Waals surface area contributed by atoms with E-state index in [2.05, 4.69) is 21.9 Å². The predicted molar refractivity (Wildman–Crippen MR) is 61.0 cm³/mol. The molecule has 2 N–H and O–H groups in total. The van der Waals surface area contributed by atoms with Gasteiger partial charge in [-0.05, 0) is 19.7 Å². The molecule has 5 heteroatoms. The highest BCUT2D eigenvalue weighted by Crippen LogP contribution is 2.17. The van der Waals surface area contributed by atoms with Crippen molar-refractivity contribution in [2.24, 2.45) is 5.73 Å². The third-order valence-corrected chi connectivity index (χ3v) is 2.69. The molecule has 1 unspecified atom stereocenters. The lowest BCUT2D eigenvalue weighted by Gasteiger charge is -2.29. The highest BCUT2D eigenvalue weighted by atomic mass is 16.5. The van der Waals surface area contributed by atoms with Gasteiger partial charge in [0.25, 0.3) is 0 Å². The van der Waals surface area contributed by atoms with Crippen LogP contribution in [0.5, 0.6) is 0 Å². The lowest BCUT2D eigenvalue weighted by atomic mass is 10.2. The van der Waals surface area contributed by atoms with E-state index in [0.29, 0.717) is 6.54 Å². The number of hydrogen-bond acceptors (Lipinski definition) is 5. The van der Waals surface area contributed by atoms with Gasteiger partial charge in [-0.25, -0.2) is 9.97 Å². The maximum absolute atomic E-state index is 5.67. The second-order valence-electron chi connectivity index (χ2n) is 4.07. The number of morpholine rings is 1. The number of ether oxygens (including phenoxy) is 1. The number of likely N-dealkylation sites (N-methyl/N-ethyl adjacent to an activating group) is 1. The zero-order chi connectivity index (χ0) is 11.4. The van der Waals surface area contributed by atoms with Crippen LogP contribution in [-0.2, 0) is 11.2 Å². The van der Waals surface area contributed by atoms with Crippen molar-refractivity contribution in [2.75, 3.05) is 33.3 Å². The SMILES string of the molecule is CN1CCOC(c2nccc(CCN)n2)C1. The van der Waals surface area contributed by atoms with Crippen LogP contribution in [0.2, 0.25) is 0 Å². The molecule has 1 aliphatic heterocycles. The number of rotatable bonds is 3. The first-order valence-corrected chi connectivity index (χ1v) is 5.61. The van der Waals surface area contributed by atoms with Crippen LogP contribution >= 0.6 is 0 Å². The summed E-state index contributed by atoms with van der Waals surface area (Å²) in [6.45, 7) is 3.18. The van der Waals surface area contributed by atoms with E-state index in [4.69, 9.17) is 10.5 Å². The third-order valence-electron chi connectivity index (χ3n) is 2.69. The van der Waals surface area contributed by atoms with Gasteiger partial charge in [-0.15, -0.1) is 0 Å². The highest BCUT2D eigenvalue weighted by Gasteiger charge is 2.21. The van der Waals surface area contributed by atoms with Crippen LogP contribution in [0.1, 0.15) is 17.6 Å². The Balaban J connectivity index is 2.09. The molecule has 1 aliphatic rings.